The highest BCUT2D eigenvalue weighted by Gasteiger charge is 2.30. The molecular weight excluding hydrogens is 374 g/mol. The molecule has 1 unspecified atom stereocenters. The molecule has 1 aromatic carbocycles. The molecule has 2 aliphatic heterocycles. The highest BCUT2D eigenvalue weighted by molar-refractivity contribution is 7.89. The highest BCUT2D eigenvalue weighted by atomic mass is 35.5. The van der Waals surface area contributed by atoms with Gasteiger partial charge in [-0.05, 0) is 56.3 Å². The maximum Gasteiger partial charge on any atom is 0.254 e. The van der Waals surface area contributed by atoms with Gasteiger partial charge in [-0.2, -0.15) is 4.31 Å². The number of nitrogens with two attached hydrogens (primary N) is 1. The molecule has 146 valence electrons. The van der Waals surface area contributed by atoms with Crippen LogP contribution in [0.4, 0.5) is 0 Å². The first-order valence-electron chi connectivity index (χ1n) is 9.03. The normalized spacial score (nSPS) is 21.5. The quantitative estimate of drug-likeness (QED) is 0.836. The third kappa shape index (κ3) is 4.22. The number of nitrogens with zero attached hydrogens (tertiary/aromatic N) is 2. The van der Waals surface area contributed by atoms with Crippen LogP contribution in [0.2, 0.25) is 0 Å². The van der Waals surface area contributed by atoms with Crippen molar-refractivity contribution in [3.63, 3.8) is 0 Å². The van der Waals surface area contributed by atoms with Gasteiger partial charge in [0.25, 0.3) is 5.91 Å². The number of hydrogen-bond donors (Lipinski definition) is 1. The molecule has 0 aromatic heterocycles. The fraction of sp³-hybridized carbons (Fsp3) is 0.611. The van der Waals surface area contributed by atoms with Crippen LogP contribution in [0.15, 0.2) is 23.1 Å². The molecule has 2 aliphatic rings. The molecule has 0 bridgehead atoms. The van der Waals surface area contributed by atoms with Gasteiger partial charge in [-0.3, -0.25) is 4.79 Å². The summed E-state index contributed by atoms with van der Waals surface area (Å²) >= 11 is 0. The van der Waals surface area contributed by atoms with Crippen LogP contribution in [0.1, 0.15) is 41.6 Å². The molecule has 1 atom stereocenters. The summed E-state index contributed by atoms with van der Waals surface area (Å²) in [6, 6.07) is 4.90. The minimum atomic E-state index is -3.53. The topological polar surface area (TPSA) is 83.7 Å². The summed E-state index contributed by atoms with van der Waals surface area (Å²) in [5.41, 5.74) is 6.99. The Morgan fingerprint density at radius 3 is 2.50 bits per heavy atom. The molecule has 2 N–H and O–H groups in total. The van der Waals surface area contributed by atoms with Crippen LogP contribution in [0.25, 0.3) is 0 Å². The van der Waals surface area contributed by atoms with Crippen molar-refractivity contribution < 1.29 is 13.2 Å². The smallest absolute Gasteiger partial charge is 0.254 e. The van der Waals surface area contributed by atoms with Crippen molar-refractivity contribution in [3.8, 4) is 0 Å². The molecule has 0 saturated carbocycles. The van der Waals surface area contributed by atoms with Crippen molar-refractivity contribution in [2.75, 3.05) is 32.7 Å². The van der Waals surface area contributed by atoms with E-state index in [1.165, 1.54) is 4.31 Å². The minimum absolute atomic E-state index is 0. The van der Waals surface area contributed by atoms with Crippen molar-refractivity contribution in [3.05, 3.63) is 29.3 Å². The molecule has 0 spiro atoms. The molecule has 3 rings (SSSR count). The third-order valence-corrected chi connectivity index (χ3v) is 7.19. The maximum atomic E-state index is 12.9. The van der Waals surface area contributed by atoms with Crippen LogP contribution in [0, 0.1) is 12.8 Å². The highest BCUT2D eigenvalue weighted by Crippen LogP contribution is 2.25. The van der Waals surface area contributed by atoms with E-state index < -0.39 is 10.0 Å². The monoisotopic (exact) mass is 401 g/mol. The van der Waals surface area contributed by atoms with Gasteiger partial charge in [0, 0.05) is 31.7 Å². The number of aryl methyl sites for hydroxylation is 1. The van der Waals surface area contributed by atoms with Crippen LogP contribution >= 0.6 is 12.4 Å². The predicted molar refractivity (Wildman–Crippen MR) is 104 cm³/mol. The Morgan fingerprint density at radius 2 is 1.88 bits per heavy atom. The molecule has 0 aliphatic carbocycles. The standard InChI is InChI=1S/C18H27N3O3S.ClH/c1-14-5-6-16(25(23,24)21-8-3-2-4-9-21)11-17(14)18(22)20-10-7-15(12-19)13-20;/h5-6,11,15H,2-4,7-10,12-13,19H2,1H3;1H. The summed E-state index contributed by atoms with van der Waals surface area (Å²) in [4.78, 5) is 14.9. The number of rotatable bonds is 4. The van der Waals surface area contributed by atoms with Crippen LogP contribution < -0.4 is 5.73 Å². The fourth-order valence-electron chi connectivity index (χ4n) is 3.63. The number of benzene rings is 1. The lowest BCUT2D eigenvalue weighted by Gasteiger charge is -2.26. The maximum absolute atomic E-state index is 12.9. The second-order valence-electron chi connectivity index (χ2n) is 7.08. The van der Waals surface area contributed by atoms with Gasteiger partial charge < -0.3 is 10.6 Å². The number of halogens is 1. The molecule has 8 heteroatoms. The number of likely N-dealkylation sites (tertiary alicyclic amines) is 1. The van der Waals surface area contributed by atoms with Gasteiger partial charge >= 0.3 is 0 Å². The summed E-state index contributed by atoms with van der Waals surface area (Å²) in [5.74, 6) is 0.244. The van der Waals surface area contributed by atoms with Crippen molar-refractivity contribution in [2.24, 2.45) is 11.7 Å². The van der Waals surface area contributed by atoms with Gasteiger partial charge in [0.2, 0.25) is 10.0 Å². The number of amides is 1. The average Bonchev–Trinajstić information content (AvgIpc) is 3.11. The minimum Gasteiger partial charge on any atom is -0.338 e. The number of carbonyl (C=O) groups excluding carboxylic acids is 1. The summed E-state index contributed by atoms with van der Waals surface area (Å²) < 4.78 is 27.3. The Hall–Kier alpha value is -1.15. The lowest BCUT2D eigenvalue weighted by molar-refractivity contribution is 0.0786. The van der Waals surface area contributed by atoms with Crippen LogP contribution in [-0.4, -0.2) is 56.3 Å². The second-order valence-corrected chi connectivity index (χ2v) is 9.02. The first-order chi connectivity index (χ1) is 11.9. The first kappa shape index (κ1) is 21.2. The molecule has 26 heavy (non-hydrogen) atoms. The van der Waals surface area contributed by atoms with Gasteiger partial charge in [-0.1, -0.05) is 12.5 Å². The Bertz CT molecular complexity index is 748. The van der Waals surface area contributed by atoms with Crippen molar-refractivity contribution >= 4 is 28.3 Å². The lowest BCUT2D eigenvalue weighted by Crippen LogP contribution is -2.36. The molecule has 1 amide bonds. The molecule has 2 fully saturated rings. The fourth-order valence-corrected chi connectivity index (χ4v) is 5.17. The molecule has 1 aromatic rings. The van der Waals surface area contributed by atoms with Crippen molar-refractivity contribution in [1.82, 2.24) is 9.21 Å². The van der Waals surface area contributed by atoms with E-state index in [0.29, 0.717) is 44.2 Å². The molecular formula is C18H28ClN3O3S. The first-order valence-corrected chi connectivity index (χ1v) is 10.5. The largest absolute Gasteiger partial charge is 0.338 e. The molecule has 2 heterocycles. The van der Waals surface area contributed by atoms with E-state index in [4.69, 9.17) is 5.73 Å². The summed E-state index contributed by atoms with van der Waals surface area (Å²) in [6.45, 7) is 4.88. The van der Waals surface area contributed by atoms with Gasteiger partial charge in [0.15, 0.2) is 0 Å². The Kier molecular flexibility index (Phi) is 7.07. The van der Waals surface area contributed by atoms with E-state index in [1.54, 1.807) is 23.1 Å². The lowest BCUT2D eigenvalue weighted by atomic mass is 10.1. The number of piperidine rings is 1. The van der Waals surface area contributed by atoms with E-state index in [0.717, 1.165) is 31.2 Å². The SMILES string of the molecule is Cc1ccc(S(=O)(=O)N2CCCCC2)cc1C(=O)N1CCC(CN)C1.Cl. The third-order valence-electron chi connectivity index (χ3n) is 5.30. The molecule has 6 nitrogen and oxygen atoms in total. The van der Waals surface area contributed by atoms with Gasteiger partial charge in [-0.15, -0.1) is 12.4 Å². The van der Waals surface area contributed by atoms with E-state index in [1.807, 2.05) is 6.92 Å². The summed E-state index contributed by atoms with van der Waals surface area (Å²) in [5, 5.41) is 0. The zero-order valence-electron chi connectivity index (χ0n) is 15.2. The summed E-state index contributed by atoms with van der Waals surface area (Å²) in [7, 11) is -3.53. The molecule has 0 radical (unpaired) electrons. The summed E-state index contributed by atoms with van der Waals surface area (Å²) in [6.07, 6.45) is 3.77. The second kappa shape index (κ2) is 8.69. The Labute approximate surface area is 162 Å². The van der Waals surface area contributed by atoms with E-state index in [-0.39, 0.29) is 23.2 Å². The van der Waals surface area contributed by atoms with Crippen LogP contribution in [-0.2, 0) is 10.0 Å². The zero-order chi connectivity index (χ0) is 18.0. The average molecular weight is 402 g/mol. The van der Waals surface area contributed by atoms with E-state index in [9.17, 15) is 13.2 Å². The Balaban J connectivity index is 0.00000243. The van der Waals surface area contributed by atoms with Crippen LogP contribution in [0.3, 0.4) is 0 Å². The number of carbonyl (C=O) groups is 1. The Morgan fingerprint density at radius 1 is 1.19 bits per heavy atom. The van der Waals surface area contributed by atoms with Gasteiger partial charge in [0.05, 0.1) is 4.90 Å². The van der Waals surface area contributed by atoms with Crippen molar-refractivity contribution in [2.45, 2.75) is 37.5 Å². The van der Waals surface area contributed by atoms with Crippen LogP contribution in [0.5, 0.6) is 0 Å². The van der Waals surface area contributed by atoms with E-state index in [2.05, 4.69) is 0 Å². The van der Waals surface area contributed by atoms with Gasteiger partial charge in [-0.25, -0.2) is 8.42 Å². The molecule has 2 saturated heterocycles. The number of sulfonamides is 1. The van der Waals surface area contributed by atoms with Gasteiger partial charge in [0.1, 0.15) is 0 Å². The number of hydrogen-bond acceptors (Lipinski definition) is 4. The van der Waals surface area contributed by atoms with Crippen molar-refractivity contribution in [1.29, 1.82) is 0 Å². The zero-order valence-corrected chi connectivity index (χ0v) is 16.8. The predicted octanol–water partition coefficient (Wildman–Crippen LogP) is 2.01. The van der Waals surface area contributed by atoms with E-state index >= 15 is 0 Å².